The normalized spacial score (nSPS) is 22.8. The fourth-order valence-electron chi connectivity index (χ4n) is 1.64. The van der Waals surface area contributed by atoms with Crippen LogP contribution >= 0.6 is 0 Å². The molecule has 0 aromatic rings. The van der Waals surface area contributed by atoms with E-state index in [-0.39, 0.29) is 24.3 Å². The molecule has 0 N–H and O–H groups in total. The number of piperidine rings is 1. The van der Waals surface area contributed by atoms with E-state index in [1.165, 1.54) is 4.90 Å². The quantitative estimate of drug-likeness (QED) is 0.616. The van der Waals surface area contributed by atoms with E-state index in [4.69, 9.17) is 4.74 Å². The Morgan fingerprint density at radius 3 is 2.53 bits per heavy atom. The molecule has 0 radical (unpaired) electrons. The maximum absolute atomic E-state index is 11.7. The second kappa shape index (κ2) is 4.21. The number of hydrogen-bond donors (Lipinski definition) is 0. The number of hydrogen-bond acceptors (Lipinski definition) is 3. The van der Waals surface area contributed by atoms with Gasteiger partial charge in [-0.1, -0.05) is 6.92 Å². The van der Waals surface area contributed by atoms with Crippen molar-refractivity contribution in [1.29, 1.82) is 0 Å². The van der Waals surface area contributed by atoms with Gasteiger partial charge in [-0.15, -0.1) is 0 Å². The zero-order chi connectivity index (χ0) is 11.6. The van der Waals surface area contributed by atoms with Crippen molar-refractivity contribution in [3.8, 4) is 0 Å². The molecular weight excluding hydrogens is 194 g/mol. The van der Waals surface area contributed by atoms with E-state index in [0.29, 0.717) is 13.0 Å². The first-order chi connectivity index (χ1) is 6.78. The maximum Gasteiger partial charge on any atom is 0.410 e. The largest absolute Gasteiger partial charge is 0.444 e. The van der Waals surface area contributed by atoms with Crippen molar-refractivity contribution in [1.82, 2.24) is 4.90 Å². The molecule has 1 saturated heterocycles. The maximum atomic E-state index is 11.7. The molecule has 0 aromatic heterocycles. The van der Waals surface area contributed by atoms with E-state index in [9.17, 15) is 9.59 Å². The third-order valence-electron chi connectivity index (χ3n) is 2.13. The summed E-state index contributed by atoms with van der Waals surface area (Å²) in [7, 11) is 0. The molecule has 0 aliphatic carbocycles. The van der Waals surface area contributed by atoms with Crippen molar-refractivity contribution >= 4 is 11.9 Å². The highest BCUT2D eigenvalue weighted by Gasteiger charge is 2.29. The molecule has 1 fully saturated rings. The fraction of sp³-hybridized carbons (Fsp3) is 0.818. The first-order valence-corrected chi connectivity index (χ1v) is 5.27. The standard InChI is InChI=1S/C11H19NO3/c1-8-5-9(13)7-12(6-8)10(14)15-11(2,3)4/h8H,5-7H2,1-4H3/t8-/m1/s1. The number of ether oxygens (including phenoxy) is 1. The molecule has 1 aliphatic rings. The van der Waals surface area contributed by atoms with Crippen LogP contribution < -0.4 is 0 Å². The van der Waals surface area contributed by atoms with Crippen LogP contribution in [0.1, 0.15) is 34.1 Å². The van der Waals surface area contributed by atoms with Crippen LogP contribution in [0.5, 0.6) is 0 Å². The van der Waals surface area contributed by atoms with E-state index < -0.39 is 5.60 Å². The Morgan fingerprint density at radius 1 is 1.47 bits per heavy atom. The van der Waals surface area contributed by atoms with E-state index >= 15 is 0 Å². The number of amides is 1. The summed E-state index contributed by atoms with van der Waals surface area (Å²) in [6, 6.07) is 0. The number of carbonyl (C=O) groups excluding carboxylic acids is 2. The minimum atomic E-state index is -0.499. The predicted molar refractivity (Wildman–Crippen MR) is 56.6 cm³/mol. The predicted octanol–water partition coefficient (Wildman–Crippen LogP) is 1.83. The van der Waals surface area contributed by atoms with Gasteiger partial charge in [0.05, 0.1) is 6.54 Å². The molecule has 15 heavy (non-hydrogen) atoms. The molecule has 0 bridgehead atoms. The molecule has 0 aromatic carbocycles. The fourth-order valence-corrected chi connectivity index (χ4v) is 1.64. The number of carbonyl (C=O) groups is 2. The molecular formula is C11H19NO3. The van der Waals surface area contributed by atoms with Crippen LogP contribution in [0.2, 0.25) is 0 Å². The van der Waals surface area contributed by atoms with Gasteiger partial charge in [0.1, 0.15) is 5.60 Å². The number of rotatable bonds is 0. The Bertz CT molecular complexity index is 267. The highest BCUT2D eigenvalue weighted by Crippen LogP contribution is 2.16. The highest BCUT2D eigenvalue weighted by atomic mass is 16.6. The van der Waals surface area contributed by atoms with Gasteiger partial charge < -0.3 is 9.64 Å². The molecule has 0 saturated carbocycles. The van der Waals surface area contributed by atoms with Gasteiger partial charge in [-0.05, 0) is 26.7 Å². The van der Waals surface area contributed by atoms with Crippen LogP contribution in [0, 0.1) is 5.92 Å². The molecule has 1 rings (SSSR count). The molecule has 1 atom stereocenters. The Balaban J connectivity index is 2.56. The first kappa shape index (κ1) is 12.0. The Labute approximate surface area is 90.6 Å². The van der Waals surface area contributed by atoms with Gasteiger partial charge in [-0.3, -0.25) is 4.79 Å². The first-order valence-electron chi connectivity index (χ1n) is 5.27. The summed E-state index contributed by atoms with van der Waals surface area (Å²) in [6.45, 7) is 8.23. The smallest absolute Gasteiger partial charge is 0.410 e. The summed E-state index contributed by atoms with van der Waals surface area (Å²) in [6.07, 6.45) is 0.182. The molecule has 86 valence electrons. The van der Waals surface area contributed by atoms with E-state index in [1.807, 2.05) is 27.7 Å². The van der Waals surface area contributed by atoms with Crippen LogP contribution in [0.3, 0.4) is 0 Å². The molecule has 1 amide bonds. The molecule has 1 aliphatic heterocycles. The second-order valence-corrected chi connectivity index (χ2v) is 5.21. The summed E-state index contributed by atoms with van der Waals surface area (Å²) >= 11 is 0. The second-order valence-electron chi connectivity index (χ2n) is 5.21. The molecule has 1 heterocycles. The van der Waals surface area contributed by atoms with Gasteiger partial charge in [0.2, 0.25) is 0 Å². The van der Waals surface area contributed by atoms with Crippen LogP contribution in [0.25, 0.3) is 0 Å². The number of nitrogens with zero attached hydrogens (tertiary/aromatic N) is 1. The van der Waals surface area contributed by atoms with Gasteiger partial charge >= 0.3 is 6.09 Å². The van der Waals surface area contributed by atoms with Gasteiger partial charge in [0, 0.05) is 13.0 Å². The molecule has 4 nitrogen and oxygen atoms in total. The van der Waals surface area contributed by atoms with E-state index in [0.717, 1.165) is 0 Å². The Hall–Kier alpha value is -1.06. The lowest BCUT2D eigenvalue weighted by molar-refractivity contribution is -0.123. The van der Waals surface area contributed by atoms with E-state index in [2.05, 4.69) is 0 Å². The third-order valence-corrected chi connectivity index (χ3v) is 2.13. The van der Waals surface area contributed by atoms with Gasteiger partial charge in [-0.25, -0.2) is 4.79 Å². The summed E-state index contributed by atoms with van der Waals surface area (Å²) < 4.78 is 5.21. The monoisotopic (exact) mass is 213 g/mol. The van der Waals surface area contributed by atoms with Crippen LogP contribution in [0.15, 0.2) is 0 Å². The molecule has 0 unspecified atom stereocenters. The minimum absolute atomic E-state index is 0.111. The van der Waals surface area contributed by atoms with E-state index in [1.54, 1.807) is 0 Å². The van der Waals surface area contributed by atoms with Crippen molar-refractivity contribution < 1.29 is 14.3 Å². The average molecular weight is 213 g/mol. The zero-order valence-corrected chi connectivity index (χ0v) is 9.87. The molecule has 0 spiro atoms. The van der Waals surface area contributed by atoms with Crippen LogP contribution in [-0.4, -0.2) is 35.5 Å². The average Bonchev–Trinajstić information content (AvgIpc) is 1.98. The number of likely N-dealkylation sites (tertiary alicyclic amines) is 1. The van der Waals surface area contributed by atoms with Gasteiger partial charge in [-0.2, -0.15) is 0 Å². The minimum Gasteiger partial charge on any atom is -0.444 e. The lowest BCUT2D eigenvalue weighted by Crippen LogP contribution is -2.45. The van der Waals surface area contributed by atoms with Crippen molar-refractivity contribution in [2.24, 2.45) is 5.92 Å². The summed E-state index contributed by atoms with van der Waals surface area (Å²) in [4.78, 5) is 24.4. The van der Waals surface area contributed by atoms with Crippen molar-refractivity contribution in [3.05, 3.63) is 0 Å². The van der Waals surface area contributed by atoms with Gasteiger partial charge in [0.25, 0.3) is 0 Å². The Kier molecular flexibility index (Phi) is 3.37. The lowest BCUT2D eigenvalue weighted by atomic mass is 10.00. The summed E-state index contributed by atoms with van der Waals surface area (Å²) in [5.74, 6) is 0.346. The van der Waals surface area contributed by atoms with Crippen molar-refractivity contribution in [3.63, 3.8) is 0 Å². The number of Topliss-reactive ketones (excluding diaryl/α,β-unsaturated/α-hetero) is 1. The Morgan fingerprint density at radius 2 is 2.07 bits per heavy atom. The highest BCUT2D eigenvalue weighted by molar-refractivity contribution is 5.85. The topological polar surface area (TPSA) is 46.6 Å². The SMILES string of the molecule is C[C@@H]1CC(=O)CN(C(=O)OC(C)(C)C)C1. The van der Waals surface area contributed by atoms with Crippen LogP contribution in [-0.2, 0) is 9.53 Å². The van der Waals surface area contributed by atoms with Crippen molar-refractivity contribution in [2.45, 2.75) is 39.7 Å². The lowest BCUT2D eigenvalue weighted by Gasteiger charge is -2.31. The molecule has 4 heteroatoms. The summed E-state index contributed by atoms with van der Waals surface area (Å²) in [5.41, 5.74) is -0.499. The van der Waals surface area contributed by atoms with Gasteiger partial charge in [0.15, 0.2) is 5.78 Å². The zero-order valence-electron chi connectivity index (χ0n) is 9.87. The number of ketones is 1. The summed E-state index contributed by atoms with van der Waals surface area (Å²) in [5, 5.41) is 0. The van der Waals surface area contributed by atoms with Crippen LogP contribution in [0.4, 0.5) is 4.79 Å². The third kappa shape index (κ3) is 3.90. The van der Waals surface area contributed by atoms with Crippen molar-refractivity contribution in [2.75, 3.05) is 13.1 Å².